The molecule has 0 saturated heterocycles. The predicted molar refractivity (Wildman–Crippen MR) is 126 cm³/mol. The third kappa shape index (κ3) is 5.62. The molecule has 0 radical (unpaired) electrons. The lowest BCUT2D eigenvalue weighted by atomic mass is 10.1. The molecule has 33 heavy (non-hydrogen) atoms. The number of nitrogens with zero attached hydrogens (tertiary/aromatic N) is 1. The molecule has 0 spiro atoms. The summed E-state index contributed by atoms with van der Waals surface area (Å²) >= 11 is 5.91. The van der Waals surface area contributed by atoms with Crippen LogP contribution in [0.4, 0.5) is 0 Å². The van der Waals surface area contributed by atoms with E-state index in [1.807, 2.05) is 42.5 Å². The molecule has 1 aliphatic rings. The Morgan fingerprint density at radius 3 is 2.36 bits per heavy atom. The Hall–Kier alpha value is -2.71. The van der Waals surface area contributed by atoms with Gasteiger partial charge in [0.05, 0.1) is 18.1 Å². The molecule has 172 valence electrons. The summed E-state index contributed by atoms with van der Waals surface area (Å²) in [7, 11) is -3.74. The lowest BCUT2D eigenvalue weighted by Gasteiger charge is -2.20. The van der Waals surface area contributed by atoms with Crippen LogP contribution in [0.3, 0.4) is 0 Å². The van der Waals surface area contributed by atoms with Gasteiger partial charge in [0.25, 0.3) is 0 Å². The second-order valence-corrected chi connectivity index (χ2v) is 10.2. The SMILES string of the molecule is CC(=O)c1ccc(S(=O)(=O)N2CCOc3ccc(COCc4ccc(Cl)cc4)cc3C2)cc1. The standard InChI is InChI=1S/C25H24ClNO5S/c1-18(28)21-5-9-24(10-6-21)33(29,30)27-12-13-32-25-11-4-20(14-22(25)15-27)17-31-16-19-2-7-23(26)8-3-19/h2-11,14H,12-13,15-17H2,1H3. The third-order valence-corrected chi connectivity index (χ3v) is 7.53. The van der Waals surface area contributed by atoms with Crippen molar-refractivity contribution in [3.63, 3.8) is 0 Å². The predicted octanol–water partition coefficient (Wildman–Crippen LogP) is 4.84. The molecule has 0 N–H and O–H groups in total. The van der Waals surface area contributed by atoms with Crippen LogP contribution in [-0.2, 0) is 34.5 Å². The average Bonchev–Trinajstić information content (AvgIpc) is 3.03. The van der Waals surface area contributed by atoms with Crippen LogP contribution in [-0.4, -0.2) is 31.7 Å². The second kappa shape index (κ2) is 10.1. The third-order valence-electron chi connectivity index (χ3n) is 5.42. The molecule has 0 fully saturated rings. The summed E-state index contributed by atoms with van der Waals surface area (Å²) in [6, 6.07) is 19.2. The summed E-state index contributed by atoms with van der Waals surface area (Å²) in [6.07, 6.45) is 0. The Kier molecular flexibility index (Phi) is 7.14. The van der Waals surface area contributed by atoms with E-state index in [1.54, 1.807) is 0 Å². The zero-order chi connectivity index (χ0) is 23.4. The first-order valence-corrected chi connectivity index (χ1v) is 12.3. The topological polar surface area (TPSA) is 72.9 Å². The highest BCUT2D eigenvalue weighted by Gasteiger charge is 2.28. The fraction of sp³-hybridized carbons (Fsp3) is 0.240. The van der Waals surface area contributed by atoms with Crippen molar-refractivity contribution in [3.8, 4) is 5.75 Å². The first-order chi connectivity index (χ1) is 15.8. The van der Waals surface area contributed by atoms with Crippen molar-refractivity contribution >= 4 is 27.4 Å². The summed E-state index contributed by atoms with van der Waals surface area (Å²) in [6.45, 7) is 2.95. The average molecular weight is 486 g/mol. The molecule has 0 atom stereocenters. The first-order valence-electron chi connectivity index (χ1n) is 10.5. The number of hydrogen-bond acceptors (Lipinski definition) is 5. The van der Waals surface area contributed by atoms with E-state index in [0.29, 0.717) is 29.5 Å². The van der Waals surface area contributed by atoms with E-state index in [4.69, 9.17) is 21.1 Å². The first kappa shape index (κ1) is 23.4. The minimum absolute atomic E-state index is 0.109. The van der Waals surface area contributed by atoms with E-state index in [0.717, 1.165) is 16.7 Å². The molecule has 0 aliphatic carbocycles. The molecule has 0 unspecified atom stereocenters. The minimum Gasteiger partial charge on any atom is -0.492 e. The van der Waals surface area contributed by atoms with Gasteiger partial charge in [-0.05, 0) is 54.4 Å². The molecular weight excluding hydrogens is 462 g/mol. The summed E-state index contributed by atoms with van der Waals surface area (Å²) < 4.78 is 39.5. The molecule has 1 heterocycles. The second-order valence-electron chi connectivity index (χ2n) is 7.83. The number of carbonyl (C=O) groups excluding carboxylic acids is 1. The van der Waals surface area contributed by atoms with Gasteiger partial charge in [0.15, 0.2) is 5.78 Å². The number of fused-ring (bicyclic) bond motifs is 1. The van der Waals surface area contributed by atoms with Gasteiger partial charge < -0.3 is 9.47 Å². The fourth-order valence-electron chi connectivity index (χ4n) is 3.60. The molecule has 3 aromatic rings. The Morgan fingerprint density at radius 1 is 1.00 bits per heavy atom. The van der Waals surface area contributed by atoms with E-state index in [-0.39, 0.29) is 30.4 Å². The van der Waals surface area contributed by atoms with Gasteiger partial charge in [0.1, 0.15) is 12.4 Å². The normalized spacial score (nSPS) is 14.2. The molecule has 6 nitrogen and oxygen atoms in total. The number of Topliss-reactive ketones (excluding diaryl/α,β-unsaturated/α-hetero) is 1. The van der Waals surface area contributed by atoms with Crippen LogP contribution in [0, 0.1) is 0 Å². The van der Waals surface area contributed by atoms with Gasteiger partial charge in [-0.15, -0.1) is 0 Å². The number of hydrogen-bond donors (Lipinski definition) is 0. The molecule has 8 heteroatoms. The van der Waals surface area contributed by atoms with Gasteiger partial charge in [-0.1, -0.05) is 41.9 Å². The van der Waals surface area contributed by atoms with Crippen molar-refractivity contribution in [2.24, 2.45) is 0 Å². The molecule has 0 bridgehead atoms. The molecule has 0 saturated carbocycles. The van der Waals surface area contributed by atoms with Crippen LogP contribution in [0.25, 0.3) is 0 Å². The van der Waals surface area contributed by atoms with Crippen molar-refractivity contribution in [1.82, 2.24) is 4.31 Å². The molecule has 0 aromatic heterocycles. The Labute approximate surface area is 198 Å². The number of ketones is 1. The van der Waals surface area contributed by atoms with Crippen molar-refractivity contribution in [1.29, 1.82) is 0 Å². The summed E-state index contributed by atoms with van der Waals surface area (Å²) in [5.74, 6) is 0.558. The van der Waals surface area contributed by atoms with Crippen LogP contribution in [0.1, 0.15) is 34.0 Å². The van der Waals surface area contributed by atoms with E-state index < -0.39 is 10.0 Å². The maximum Gasteiger partial charge on any atom is 0.243 e. The molecular formula is C25H24ClNO5S. The highest BCUT2D eigenvalue weighted by Crippen LogP contribution is 2.28. The van der Waals surface area contributed by atoms with E-state index in [1.165, 1.54) is 35.5 Å². The van der Waals surface area contributed by atoms with Crippen LogP contribution >= 0.6 is 11.6 Å². The number of sulfonamides is 1. The Balaban J connectivity index is 1.47. The molecule has 3 aromatic carbocycles. The Bertz CT molecular complexity index is 1240. The minimum atomic E-state index is -3.74. The fourth-order valence-corrected chi connectivity index (χ4v) is 5.12. The number of rotatable bonds is 7. The number of halogens is 1. The van der Waals surface area contributed by atoms with E-state index >= 15 is 0 Å². The van der Waals surface area contributed by atoms with Gasteiger partial charge in [-0.2, -0.15) is 4.31 Å². The van der Waals surface area contributed by atoms with Gasteiger partial charge in [-0.3, -0.25) is 4.79 Å². The maximum absolute atomic E-state index is 13.2. The molecule has 1 aliphatic heterocycles. The monoisotopic (exact) mass is 485 g/mol. The number of benzene rings is 3. The highest BCUT2D eigenvalue weighted by molar-refractivity contribution is 7.89. The highest BCUT2D eigenvalue weighted by atomic mass is 35.5. The van der Waals surface area contributed by atoms with Crippen LogP contribution in [0.15, 0.2) is 71.6 Å². The smallest absolute Gasteiger partial charge is 0.243 e. The lowest BCUT2D eigenvalue weighted by Crippen LogP contribution is -2.32. The van der Waals surface area contributed by atoms with E-state index in [2.05, 4.69) is 0 Å². The molecule has 4 rings (SSSR count). The number of carbonyl (C=O) groups is 1. The lowest BCUT2D eigenvalue weighted by molar-refractivity contribution is 0.101. The summed E-state index contributed by atoms with van der Waals surface area (Å²) in [4.78, 5) is 11.7. The van der Waals surface area contributed by atoms with Crippen LogP contribution in [0.2, 0.25) is 5.02 Å². The Morgan fingerprint density at radius 2 is 1.67 bits per heavy atom. The van der Waals surface area contributed by atoms with Crippen molar-refractivity contribution in [2.45, 2.75) is 31.6 Å². The summed E-state index contributed by atoms with van der Waals surface area (Å²) in [5, 5.41) is 0.679. The van der Waals surface area contributed by atoms with Crippen LogP contribution in [0.5, 0.6) is 5.75 Å². The largest absolute Gasteiger partial charge is 0.492 e. The number of ether oxygens (including phenoxy) is 2. The van der Waals surface area contributed by atoms with Crippen molar-refractivity contribution in [2.75, 3.05) is 13.2 Å². The van der Waals surface area contributed by atoms with Gasteiger partial charge in [0.2, 0.25) is 10.0 Å². The zero-order valence-electron chi connectivity index (χ0n) is 18.2. The van der Waals surface area contributed by atoms with Crippen LogP contribution < -0.4 is 4.74 Å². The summed E-state index contributed by atoms with van der Waals surface area (Å²) in [5.41, 5.74) is 3.20. The maximum atomic E-state index is 13.2. The zero-order valence-corrected chi connectivity index (χ0v) is 19.7. The van der Waals surface area contributed by atoms with E-state index in [9.17, 15) is 13.2 Å². The molecule has 0 amide bonds. The van der Waals surface area contributed by atoms with Crippen molar-refractivity contribution in [3.05, 3.63) is 94.0 Å². The van der Waals surface area contributed by atoms with Crippen molar-refractivity contribution < 1.29 is 22.7 Å². The van der Waals surface area contributed by atoms with Gasteiger partial charge in [0, 0.05) is 29.2 Å². The van der Waals surface area contributed by atoms with Gasteiger partial charge >= 0.3 is 0 Å². The quantitative estimate of drug-likeness (QED) is 0.447. The van der Waals surface area contributed by atoms with Gasteiger partial charge in [-0.25, -0.2) is 8.42 Å².